The Labute approximate surface area is 205 Å². The molecule has 10 nitrogen and oxygen atoms in total. The van der Waals surface area contributed by atoms with Crippen molar-refractivity contribution in [3.05, 3.63) is 36.2 Å². The number of amides is 1. The van der Waals surface area contributed by atoms with E-state index < -0.39 is 12.0 Å². The highest BCUT2D eigenvalue weighted by Crippen LogP contribution is 2.34. The maximum absolute atomic E-state index is 14.0. The second-order valence-corrected chi connectivity index (χ2v) is 8.77. The quantitative estimate of drug-likeness (QED) is 0.540. The molecular weight excluding hydrogens is 477 g/mol. The summed E-state index contributed by atoms with van der Waals surface area (Å²) in [6.07, 6.45) is -3.36. The number of ether oxygens (including phenoxy) is 1. The Hall–Kier alpha value is -3.45. The predicted molar refractivity (Wildman–Crippen MR) is 127 cm³/mol. The van der Waals surface area contributed by atoms with Crippen molar-refractivity contribution in [2.24, 2.45) is 5.73 Å². The highest BCUT2D eigenvalue weighted by atomic mass is 19.4. The smallest absolute Gasteiger partial charge is 0.378 e. The predicted octanol–water partition coefficient (Wildman–Crippen LogP) is 1.71. The van der Waals surface area contributed by atoms with Gasteiger partial charge in [0.2, 0.25) is 17.7 Å². The van der Waals surface area contributed by atoms with E-state index in [4.69, 9.17) is 10.5 Å². The van der Waals surface area contributed by atoms with Gasteiger partial charge in [0.1, 0.15) is 11.6 Å². The fourth-order valence-electron chi connectivity index (χ4n) is 4.58. The zero-order chi connectivity index (χ0) is 25.3. The second-order valence-electron chi connectivity index (χ2n) is 8.77. The summed E-state index contributed by atoms with van der Waals surface area (Å²) >= 11 is 0. The Balaban J connectivity index is 1.56. The van der Waals surface area contributed by atoms with Crippen LogP contribution in [0.15, 0.2) is 30.3 Å². The first-order valence-electron chi connectivity index (χ1n) is 11.8. The Morgan fingerprint density at radius 2 is 1.67 bits per heavy atom. The molecule has 0 saturated carbocycles. The molecule has 0 unspecified atom stereocenters. The molecule has 2 aliphatic heterocycles. The van der Waals surface area contributed by atoms with Crippen LogP contribution >= 0.6 is 0 Å². The van der Waals surface area contributed by atoms with E-state index in [1.165, 1.54) is 6.07 Å². The molecule has 0 bridgehead atoms. The van der Waals surface area contributed by atoms with Gasteiger partial charge >= 0.3 is 6.18 Å². The average Bonchev–Trinajstić information content (AvgIpc) is 3.30. The number of carbonyl (C=O) groups is 1. The Morgan fingerprint density at radius 3 is 2.31 bits per heavy atom. The van der Waals surface area contributed by atoms with Gasteiger partial charge in [-0.2, -0.15) is 23.1 Å². The molecule has 0 atom stereocenters. The maximum Gasteiger partial charge on any atom is 0.450 e. The molecule has 0 spiro atoms. The van der Waals surface area contributed by atoms with Gasteiger partial charge in [0.25, 0.3) is 0 Å². The van der Waals surface area contributed by atoms with Crippen LogP contribution in [0.1, 0.15) is 18.7 Å². The van der Waals surface area contributed by atoms with E-state index in [1.54, 1.807) is 24.3 Å². The summed E-state index contributed by atoms with van der Waals surface area (Å²) in [6, 6.07) is 8.21. The van der Waals surface area contributed by atoms with Gasteiger partial charge in [-0.3, -0.25) is 9.36 Å². The van der Waals surface area contributed by atoms with Crippen molar-refractivity contribution in [2.45, 2.75) is 25.1 Å². The third-order valence-corrected chi connectivity index (χ3v) is 6.41. The summed E-state index contributed by atoms with van der Waals surface area (Å²) in [6.45, 7) is 3.22. The molecule has 1 amide bonds. The van der Waals surface area contributed by atoms with Crippen LogP contribution in [0, 0.1) is 0 Å². The van der Waals surface area contributed by atoms with Crippen molar-refractivity contribution in [2.75, 3.05) is 55.7 Å². The largest absolute Gasteiger partial charge is 0.450 e. The number of hydrogen-bond acceptors (Lipinski definition) is 8. The molecule has 2 saturated heterocycles. The SMILES string of the molecule is NCC(=O)NC1CCN(c2cc(N3CCOCC3)nc(-n3c(C(F)(F)F)nc4ccccc43)n2)CC1. The van der Waals surface area contributed by atoms with Crippen LogP contribution in [0.3, 0.4) is 0 Å². The number of morpholine rings is 1. The molecule has 4 heterocycles. The lowest BCUT2D eigenvalue weighted by Gasteiger charge is -2.34. The molecule has 192 valence electrons. The average molecular weight is 505 g/mol. The molecular formula is C23H27F3N8O2. The van der Waals surface area contributed by atoms with Gasteiger partial charge in [0, 0.05) is 38.3 Å². The number of fused-ring (bicyclic) bond motifs is 1. The summed E-state index contributed by atoms with van der Waals surface area (Å²) in [4.78, 5) is 28.7. The zero-order valence-electron chi connectivity index (χ0n) is 19.5. The number of piperidine rings is 1. The van der Waals surface area contributed by atoms with E-state index in [0.29, 0.717) is 63.9 Å². The number of para-hydroxylation sites is 2. The molecule has 0 radical (unpaired) electrons. The van der Waals surface area contributed by atoms with Crippen LogP contribution in [-0.2, 0) is 15.7 Å². The minimum Gasteiger partial charge on any atom is -0.378 e. The molecule has 2 aliphatic rings. The van der Waals surface area contributed by atoms with Gasteiger partial charge < -0.3 is 25.6 Å². The van der Waals surface area contributed by atoms with Crippen molar-refractivity contribution >= 4 is 28.6 Å². The fraction of sp³-hybridized carbons (Fsp3) is 0.478. The molecule has 1 aromatic carbocycles. The van der Waals surface area contributed by atoms with E-state index in [0.717, 1.165) is 4.57 Å². The van der Waals surface area contributed by atoms with Crippen LogP contribution in [0.2, 0.25) is 0 Å². The Bertz CT molecular complexity index is 1230. The monoisotopic (exact) mass is 504 g/mol. The van der Waals surface area contributed by atoms with Gasteiger partial charge in [-0.25, -0.2) is 4.98 Å². The molecule has 36 heavy (non-hydrogen) atoms. The normalized spacial score (nSPS) is 17.6. The number of nitrogens with zero attached hydrogens (tertiary/aromatic N) is 6. The summed E-state index contributed by atoms with van der Waals surface area (Å²) < 4.78 is 48.5. The van der Waals surface area contributed by atoms with Crippen molar-refractivity contribution in [1.29, 1.82) is 0 Å². The molecule has 0 aliphatic carbocycles. The number of nitrogens with two attached hydrogens (primary N) is 1. The molecule has 13 heteroatoms. The summed E-state index contributed by atoms with van der Waals surface area (Å²) in [5.74, 6) is -0.316. The first-order chi connectivity index (χ1) is 17.3. The number of anilines is 2. The van der Waals surface area contributed by atoms with Crippen LogP contribution in [0.25, 0.3) is 17.0 Å². The lowest BCUT2D eigenvalue weighted by Crippen LogP contribution is -2.46. The maximum atomic E-state index is 14.0. The summed E-state index contributed by atoms with van der Waals surface area (Å²) in [7, 11) is 0. The Kier molecular flexibility index (Phi) is 6.67. The molecule has 3 N–H and O–H groups in total. The number of aromatic nitrogens is 4. The van der Waals surface area contributed by atoms with Crippen LogP contribution < -0.4 is 20.9 Å². The number of carbonyl (C=O) groups excluding carboxylic acids is 1. The first-order valence-corrected chi connectivity index (χ1v) is 11.8. The fourth-order valence-corrected chi connectivity index (χ4v) is 4.58. The van der Waals surface area contributed by atoms with Crippen LogP contribution in [0.5, 0.6) is 0 Å². The third-order valence-electron chi connectivity index (χ3n) is 6.41. The van der Waals surface area contributed by atoms with Crippen molar-refractivity contribution in [3.8, 4) is 5.95 Å². The lowest BCUT2D eigenvalue weighted by molar-refractivity contribution is -0.145. The van der Waals surface area contributed by atoms with Crippen molar-refractivity contribution in [3.63, 3.8) is 0 Å². The standard InChI is InChI=1S/C23H27F3N8O2/c24-23(25,26)21-29-16-3-1-2-4-17(16)34(21)22-30-18(13-19(31-22)33-9-11-36-12-10-33)32-7-5-15(6-8-32)28-20(35)14-27/h1-4,13,15H,5-12,14,27H2,(H,28,35). The number of alkyl halides is 3. The number of benzene rings is 1. The molecule has 3 aromatic rings. The van der Waals surface area contributed by atoms with Crippen molar-refractivity contribution < 1.29 is 22.7 Å². The van der Waals surface area contributed by atoms with E-state index in [2.05, 4.69) is 20.3 Å². The van der Waals surface area contributed by atoms with E-state index in [1.807, 2.05) is 9.80 Å². The molecule has 5 rings (SSSR count). The number of halogens is 3. The molecule has 2 aromatic heterocycles. The lowest BCUT2D eigenvalue weighted by atomic mass is 10.0. The number of hydrogen-bond donors (Lipinski definition) is 2. The van der Waals surface area contributed by atoms with Gasteiger partial charge in [0.05, 0.1) is 30.8 Å². The minimum absolute atomic E-state index is 0.00764. The van der Waals surface area contributed by atoms with E-state index in [-0.39, 0.29) is 35.5 Å². The van der Waals surface area contributed by atoms with Gasteiger partial charge in [-0.1, -0.05) is 12.1 Å². The number of imidazole rings is 1. The number of nitrogens with one attached hydrogen (secondary N) is 1. The van der Waals surface area contributed by atoms with Gasteiger partial charge in [0.15, 0.2) is 0 Å². The van der Waals surface area contributed by atoms with Crippen LogP contribution in [-0.4, -0.2) is 77.4 Å². The van der Waals surface area contributed by atoms with E-state index >= 15 is 0 Å². The second kappa shape index (κ2) is 9.90. The summed E-state index contributed by atoms with van der Waals surface area (Å²) in [5.41, 5.74) is 5.89. The molecule has 2 fully saturated rings. The Morgan fingerprint density at radius 1 is 1.03 bits per heavy atom. The minimum atomic E-state index is -4.70. The van der Waals surface area contributed by atoms with Gasteiger partial charge in [-0.05, 0) is 25.0 Å². The van der Waals surface area contributed by atoms with E-state index in [9.17, 15) is 18.0 Å². The highest BCUT2D eigenvalue weighted by Gasteiger charge is 2.39. The highest BCUT2D eigenvalue weighted by molar-refractivity contribution is 5.78. The summed E-state index contributed by atoms with van der Waals surface area (Å²) in [5, 5.41) is 2.90. The topological polar surface area (TPSA) is 114 Å². The van der Waals surface area contributed by atoms with Gasteiger partial charge in [-0.15, -0.1) is 0 Å². The number of rotatable bonds is 5. The zero-order valence-corrected chi connectivity index (χ0v) is 19.5. The first kappa shape index (κ1) is 24.3. The third kappa shape index (κ3) is 4.93. The van der Waals surface area contributed by atoms with Crippen molar-refractivity contribution in [1.82, 2.24) is 24.8 Å². The van der Waals surface area contributed by atoms with Crippen LogP contribution in [0.4, 0.5) is 24.8 Å².